The van der Waals surface area contributed by atoms with Gasteiger partial charge in [-0.2, -0.15) is 13.2 Å². The largest absolute Gasteiger partial charge is 0.478 e. The van der Waals surface area contributed by atoms with Gasteiger partial charge in [-0.1, -0.05) is 42.5 Å². The molecule has 7 heteroatoms. The van der Waals surface area contributed by atoms with Crippen molar-refractivity contribution >= 4 is 11.6 Å². The summed E-state index contributed by atoms with van der Waals surface area (Å²) in [7, 11) is 1.65. The highest BCUT2D eigenvalue weighted by molar-refractivity contribution is 5.97. The quantitative estimate of drug-likeness (QED) is 0.465. The first kappa shape index (κ1) is 23.3. The fraction of sp³-hybridized carbons (Fsp3) is 0.240. The Kier molecular flexibility index (Phi) is 6.89. The van der Waals surface area contributed by atoms with Gasteiger partial charge in [-0.25, -0.2) is 0 Å². The molecule has 3 rings (SSSR count). The van der Waals surface area contributed by atoms with Gasteiger partial charge in [0.25, 0.3) is 5.91 Å². The predicted octanol–water partition coefficient (Wildman–Crippen LogP) is 6.31. The van der Waals surface area contributed by atoms with Crippen molar-refractivity contribution in [1.82, 2.24) is 0 Å². The summed E-state index contributed by atoms with van der Waals surface area (Å²) >= 11 is 0. The van der Waals surface area contributed by atoms with Crippen LogP contribution >= 0.6 is 0 Å². The normalized spacial score (nSPS) is 11.8. The second-order valence-electron chi connectivity index (χ2n) is 7.80. The number of methoxy groups -OCH3 is 1. The standard InChI is InChI=1S/C25H24F3NO3/c1-24(2,32-22-6-4-5-20(15-22)25(26,27)28)23(30)29-21-13-11-19(12-14-21)18-9-7-17(8-10-18)16-31-3/h4-15H,16H2,1-3H3,(H,29,30). The second kappa shape index (κ2) is 9.44. The maximum atomic E-state index is 12.9. The first-order valence-corrected chi connectivity index (χ1v) is 9.94. The number of hydrogen-bond acceptors (Lipinski definition) is 3. The van der Waals surface area contributed by atoms with Gasteiger partial charge in [0.1, 0.15) is 5.75 Å². The van der Waals surface area contributed by atoms with Crippen molar-refractivity contribution in [2.24, 2.45) is 0 Å². The fourth-order valence-electron chi connectivity index (χ4n) is 3.06. The molecule has 4 nitrogen and oxygen atoms in total. The Morgan fingerprint density at radius 1 is 0.906 bits per heavy atom. The summed E-state index contributed by atoms with van der Waals surface area (Å²) in [6, 6.07) is 19.7. The Bertz CT molecular complexity index is 1060. The van der Waals surface area contributed by atoms with Crippen molar-refractivity contribution in [2.45, 2.75) is 32.2 Å². The number of rotatable bonds is 7. The average molecular weight is 443 g/mol. The number of ether oxygens (including phenoxy) is 2. The van der Waals surface area contributed by atoms with Gasteiger partial charge in [0.15, 0.2) is 5.60 Å². The van der Waals surface area contributed by atoms with Crippen LogP contribution in [0.25, 0.3) is 11.1 Å². The molecule has 0 saturated heterocycles. The maximum Gasteiger partial charge on any atom is 0.416 e. The minimum atomic E-state index is -4.49. The van der Waals surface area contributed by atoms with E-state index in [2.05, 4.69) is 5.32 Å². The molecule has 0 fully saturated rings. The molecule has 168 valence electrons. The molecule has 0 atom stereocenters. The van der Waals surface area contributed by atoms with E-state index in [0.29, 0.717) is 12.3 Å². The second-order valence-corrected chi connectivity index (χ2v) is 7.80. The molecule has 0 heterocycles. The first-order chi connectivity index (χ1) is 15.1. The summed E-state index contributed by atoms with van der Waals surface area (Å²) in [6.07, 6.45) is -4.49. The van der Waals surface area contributed by atoms with Gasteiger partial charge in [-0.15, -0.1) is 0 Å². The molecule has 0 aliphatic rings. The van der Waals surface area contributed by atoms with Gasteiger partial charge in [0.2, 0.25) is 0 Å². The van der Waals surface area contributed by atoms with Crippen LogP contribution in [0.3, 0.4) is 0 Å². The Balaban J connectivity index is 1.67. The maximum absolute atomic E-state index is 12.9. The molecular formula is C25H24F3NO3. The van der Waals surface area contributed by atoms with E-state index in [-0.39, 0.29) is 5.75 Å². The van der Waals surface area contributed by atoms with Crippen LogP contribution in [0.15, 0.2) is 72.8 Å². The lowest BCUT2D eigenvalue weighted by molar-refractivity contribution is -0.137. The molecule has 32 heavy (non-hydrogen) atoms. The number of alkyl halides is 3. The molecule has 3 aromatic rings. The Morgan fingerprint density at radius 3 is 2.06 bits per heavy atom. The zero-order valence-electron chi connectivity index (χ0n) is 18.0. The van der Waals surface area contributed by atoms with Gasteiger partial charge < -0.3 is 14.8 Å². The first-order valence-electron chi connectivity index (χ1n) is 9.94. The number of carbonyl (C=O) groups is 1. The third-order valence-corrected chi connectivity index (χ3v) is 4.82. The lowest BCUT2D eigenvalue weighted by atomic mass is 10.0. The number of benzene rings is 3. The molecule has 0 radical (unpaired) electrons. The molecule has 1 amide bonds. The lowest BCUT2D eigenvalue weighted by Gasteiger charge is -2.25. The number of nitrogens with one attached hydrogen (secondary N) is 1. The van der Waals surface area contributed by atoms with E-state index in [9.17, 15) is 18.0 Å². The SMILES string of the molecule is COCc1ccc(-c2ccc(NC(=O)C(C)(C)Oc3cccc(C(F)(F)F)c3)cc2)cc1. The van der Waals surface area contributed by atoms with E-state index < -0.39 is 23.2 Å². The third-order valence-electron chi connectivity index (χ3n) is 4.82. The number of amides is 1. The van der Waals surface area contributed by atoms with Gasteiger partial charge >= 0.3 is 6.18 Å². The van der Waals surface area contributed by atoms with Crippen LogP contribution < -0.4 is 10.1 Å². The molecule has 1 N–H and O–H groups in total. The predicted molar refractivity (Wildman–Crippen MR) is 117 cm³/mol. The van der Waals surface area contributed by atoms with Crippen LogP contribution in [0.1, 0.15) is 25.0 Å². The van der Waals surface area contributed by atoms with Crippen molar-refractivity contribution in [3.8, 4) is 16.9 Å². The number of carbonyl (C=O) groups excluding carboxylic acids is 1. The summed E-state index contributed by atoms with van der Waals surface area (Å²) in [5.41, 5.74) is 1.40. The number of anilines is 1. The van der Waals surface area contributed by atoms with Crippen molar-refractivity contribution < 1.29 is 27.4 Å². The highest BCUT2D eigenvalue weighted by Crippen LogP contribution is 2.32. The van der Waals surface area contributed by atoms with E-state index in [4.69, 9.17) is 9.47 Å². The Labute approximate surface area is 185 Å². The van der Waals surface area contributed by atoms with Crippen molar-refractivity contribution in [2.75, 3.05) is 12.4 Å². The van der Waals surface area contributed by atoms with Crippen LogP contribution in [0.4, 0.5) is 18.9 Å². The van der Waals surface area contributed by atoms with E-state index in [0.717, 1.165) is 28.8 Å². The molecule has 0 saturated carbocycles. The average Bonchev–Trinajstić information content (AvgIpc) is 2.74. The van der Waals surface area contributed by atoms with E-state index >= 15 is 0 Å². The van der Waals surface area contributed by atoms with Gasteiger partial charge in [-0.3, -0.25) is 4.79 Å². The molecule has 0 spiro atoms. The van der Waals surface area contributed by atoms with Crippen LogP contribution in [0.5, 0.6) is 5.75 Å². The summed E-state index contributed by atoms with van der Waals surface area (Å²) in [4.78, 5) is 12.7. The molecular weight excluding hydrogens is 419 g/mol. The zero-order chi connectivity index (χ0) is 23.4. The van der Waals surface area contributed by atoms with Gasteiger partial charge in [-0.05, 0) is 60.9 Å². The summed E-state index contributed by atoms with van der Waals surface area (Å²) in [5, 5.41) is 2.75. The van der Waals surface area contributed by atoms with Gasteiger partial charge in [0.05, 0.1) is 12.2 Å². The zero-order valence-corrected chi connectivity index (χ0v) is 18.0. The van der Waals surface area contributed by atoms with Gasteiger partial charge in [0, 0.05) is 12.8 Å². The van der Waals surface area contributed by atoms with Crippen LogP contribution in [0.2, 0.25) is 0 Å². The summed E-state index contributed by atoms with van der Waals surface area (Å²) in [6.45, 7) is 3.54. The topological polar surface area (TPSA) is 47.6 Å². The monoisotopic (exact) mass is 443 g/mol. The van der Waals surface area contributed by atoms with Crippen molar-refractivity contribution in [3.63, 3.8) is 0 Å². The molecule has 0 aromatic heterocycles. The minimum absolute atomic E-state index is 0.0350. The summed E-state index contributed by atoms with van der Waals surface area (Å²) in [5.74, 6) is -0.515. The molecule has 0 aliphatic heterocycles. The molecule has 0 bridgehead atoms. The van der Waals surface area contributed by atoms with Crippen LogP contribution in [0, 0.1) is 0 Å². The third kappa shape index (κ3) is 5.88. The molecule has 3 aromatic carbocycles. The summed E-state index contributed by atoms with van der Waals surface area (Å²) < 4.78 is 49.4. The highest BCUT2D eigenvalue weighted by atomic mass is 19.4. The number of halogens is 3. The fourth-order valence-corrected chi connectivity index (χ4v) is 3.06. The van der Waals surface area contributed by atoms with E-state index in [1.165, 1.54) is 26.0 Å². The van der Waals surface area contributed by atoms with E-state index in [1.54, 1.807) is 19.2 Å². The van der Waals surface area contributed by atoms with E-state index in [1.807, 2.05) is 36.4 Å². The minimum Gasteiger partial charge on any atom is -0.478 e. The molecule has 0 aliphatic carbocycles. The van der Waals surface area contributed by atoms with Crippen LogP contribution in [-0.4, -0.2) is 18.6 Å². The Morgan fingerprint density at radius 2 is 1.50 bits per heavy atom. The smallest absolute Gasteiger partial charge is 0.416 e. The highest BCUT2D eigenvalue weighted by Gasteiger charge is 2.33. The Hall–Kier alpha value is -3.32. The van der Waals surface area contributed by atoms with Crippen molar-refractivity contribution in [1.29, 1.82) is 0 Å². The lowest BCUT2D eigenvalue weighted by Crippen LogP contribution is -2.42. The van der Waals surface area contributed by atoms with Crippen molar-refractivity contribution in [3.05, 3.63) is 83.9 Å². The molecule has 0 unspecified atom stereocenters. The number of hydrogen-bond donors (Lipinski definition) is 1. The van der Waals surface area contributed by atoms with Crippen LogP contribution in [-0.2, 0) is 22.3 Å².